The van der Waals surface area contributed by atoms with Crippen LogP contribution >= 0.6 is 0 Å². The van der Waals surface area contributed by atoms with E-state index in [0.29, 0.717) is 5.92 Å². The minimum absolute atomic E-state index is 0.190. The molecule has 0 heterocycles. The van der Waals surface area contributed by atoms with Crippen molar-refractivity contribution >= 4 is 0 Å². The highest BCUT2D eigenvalue weighted by molar-refractivity contribution is 5.26. The van der Waals surface area contributed by atoms with Gasteiger partial charge in [0.25, 0.3) is 0 Å². The van der Waals surface area contributed by atoms with Crippen molar-refractivity contribution in [2.45, 2.75) is 19.8 Å². The molecular weight excluding hydrogens is 188 g/mol. The first-order valence-corrected chi connectivity index (χ1v) is 5.17. The van der Waals surface area contributed by atoms with E-state index in [4.69, 9.17) is 10.2 Å². The molecule has 0 saturated heterocycles. The molecule has 15 heavy (non-hydrogen) atoms. The predicted octanol–water partition coefficient (Wildman–Crippen LogP) is 2.51. The quantitative estimate of drug-likeness (QED) is 0.727. The standard InChI is InChI=1S/C13H18O2/c1-10(2)12(7-8-14)9-11-3-5-13(15)6-4-11/h3-6,12,14-15H,1,7-9H2,2H3. The summed E-state index contributed by atoms with van der Waals surface area (Å²) in [6.45, 7) is 6.10. The predicted molar refractivity (Wildman–Crippen MR) is 61.8 cm³/mol. The third-order valence-corrected chi connectivity index (χ3v) is 2.59. The van der Waals surface area contributed by atoms with Crippen LogP contribution in [0.3, 0.4) is 0 Å². The molecule has 0 aliphatic rings. The lowest BCUT2D eigenvalue weighted by Crippen LogP contribution is -2.07. The molecule has 0 radical (unpaired) electrons. The van der Waals surface area contributed by atoms with E-state index in [1.807, 2.05) is 19.1 Å². The summed E-state index contributed by atoms with van der Waals surface area (Å²) in [4.78, 5) is 0. The minimum Gasteiger partial charge on any atom is -0.508 e. The number of aliphatic hydroxyl groups excluding tert-OH is 1. The van der Waals surface area contributed by atoms with Crippen LogP contribution < -0.4 is 0 Å². The number of allylic oxidation sites excluding steroid dienone is 1. The van der Waals surface area contributed by atoms with Gasteiger partial charge in [-0.25, -0.2) is 0 Å². The Balaban J connectivity index is 2.65. The van der Waals surface area contributed by atoms with Gasteiger partial charge in [0.05, 0.1) is 0 Å². The van der Waals surface area contributed by atoms with Crippen LogP contribution in [0, 0.1) is 5.92 Å². The molecule has 1 atom stereocenters. The Kier molecular flexibility index (Phi) is 4.37. The molecular formula is C13H18O2. The Bertz CT molecular complexity index is 314. The fraction of sp³-hybridized carbons (Fsp3) is 0.385. The van der Waals surface area contributed by atoms with E-state index in [2.05, 4.69) is 6.58 Å². The van der Waals surface area contributed by atoms with Crippen LogP contribution in [0.5, 0.6) is 5.75 Å². The average Bonchev–Trinajstić information content (AvgIpc) is 2.20. The van der Waals surface area contributed by atoms with Crippen LogP contribution in [-0.4, -0.2) is 16.8 Å². The molecule has 0 aliphatic carbocycles. The number of phenolic OH excluding ortho intramolecular Hbond substituents is 1. The summed E-state index contributed by atoms with van der Waals surface area (Å²) in [5, 5.41) is 18.1. The zero-order valence-electron chi connectivity index (χ0n) is 9.11. The summed E-state index contributed by atoms with van der Waals surface area (Å²) >= 11 is 0. The fourth-order valence-corrected chi connectivity index (χ4v) is 1.60. The minimum atomic E-state index is 0.190. The van der Waals surface area contributed by atoms with Gasteiger partial charge in [-0.1, -0.05) is 24.3 Å². The molecule has 2 N–H and O–H groups in total. The molecule has 0 amide bonds. The van der Waals surface area contributed by atoms with Crippen molar-refractivity contribution in [3.8, 4) is 5.75 Å². The van der Waals surface area contributed by atoms with Crippen LogP contribution in [0.1, 0.15) is 18.9 Å². The van der Waals surface area contributed by atoms with Gasteiger partial charge in [-0.3, -0.25) is 0 Å². The lowest BCUT2D eigenvalue weighted by atomic mass is 9.91. The first kappa shape index (κ1) is 11.8. The molecule has 2 heteroatoms. The van der Waals surface area contributed by atoms with Gasteiger partial charge in [0.2, 0.25) is 0 Å². The van der Waals surface area contributed by atoms with Crippen molar-refractivity contribution in [3.05, 3.63) is 42.0 Å². The van der Waals surface area contributed by atoms with Gasteiger partial charge in [0.15, 0.2) is 0 Å². The second kappa shape index (κ2) is 5.56. The number of benzene rings is 1. The summed E-state index contributed by atoms with van der Waals surface area (Å²) in [5.74, 6) is 0.604. The van der Waals surface area contributed by atoms with Gasteiger partial charge in [-0.05, 0) is 43.4 Å². The van der Waals surface area contributed by atoms with E-state index < -0.39 is 0 Å². The van der Waals surface area contributed by atoms with E-state index in [-0.39, 0.29) is 12.4 Å². The average molecular weight is 206 g/mol. The second-order valence-electron chi connectivity index (χ2n) is 3.93. The Hall–Kier alpha value is -1.28. The Morgan fingerprint density at radius 1 is 1.33 bits per heavy atom. The molecule has 0 aromatic heterocycles. The van der Waals surface area contributed by atoms with Crippen molar-refractivity contribution in [1.82, 2.24) is 0 Å². The largest absolute Gasteiger partial charge is 0.508 e. The molecule has 1 aromatic rings. The lowest BCUT2D eigenvalue weighted by Gasteiger charge is -2.15. The van der Waals surface area contributed by atoms with Gasteiger partial charge in [-0.15, -0.1) is 0 Å². The molecule has 82 valence electrons. The van der Waals surface area contributed by atoms with Gasteiger partial charge in [0, 0.05) is 6.61 Å². The molecule has 0 spiro atoms. The van der Waals surface area contributed by atoms with Crippen molar-refractivity contribution in [2.75, 3.05) is 6.61 Å². The highest BCUT2D eigenvalue weighted by atomic mass is 16.3. The third kappa shape index (κ3) is 3.76. The van der Waals surface area contributed by atoms with Crippen LogP contribution in [0.25, 0.3) is 0 Å². The van der Waals surface area contributed by atoms with Crippen molar-refractivity contribution in [2.24, 2.45) is 5.92 Å². The summed E-state index contributed by atoms with van der Waals surface area (Å²) in [6, 6.07) is 7.18. The smallest absolute Gasteiger partial charge is 0.115 e. The maximum atomic E-state index is 9.15. The molecule has 0 bridgehead atoms. The van der Waals surface area contributed by atoms with Crippen molar-refractivity contribution < 1.29 is 10.2 Å². The van der Waals surface area contributed by atoms with Gasteiger partial charge >= 0.3 is 0 Å². The lowest BCUT2D eigenvalue weighted by molar-refractivity contribution is 0.266. The number of aliphatic hydroxyl groups is 1. The number of hydrogen-bond acceptors (Lipinski definition) is 2. The van der Waals surface area contributed by atoms with Crippen molar-refractivity contribution in [1.29, 1.82) is 0 Å². The molecule has 1 aromatic carbocycles. The highest BCUT2D eigenvalue weighted by Gasteiger charge is 2.09. The summed E-state index contributed by atoms with van der Waals surface area (Å²) in [5.41, 5.74) is 2.26. The van der Waals surface area contributed by atoms with Crippen LogP contribution in [-0.2, 0) is 6.42 Å². The van der Waals surface area contributed by atoms with Gasteiger partial charge in [-0.2, -0.15) is 0 Å². The monoisotopic (exact) mass is 206 g/mol. The summed E-state index contributed by atoms with van der Waals surface area (Å²) in [6.07, 6.45) is 1.62. The second-order valence-corrected chi connectivity index (χ2v) is 3.93. The van der Waals surface area contributed by atoms with Gasteiger partial charge in [0.1, 0.15) is 5.75 Å². The maximum absolute atomic E-state index is 9.15. The van der Waals surface area contributed by atoms with E-state index in [9.17, 15) is 0 Å². The highest BCUT2D eigenvalue weighted by Crippen LogP contribution is 2.20. The summed E-state index contributed by atoms with van der Waals surface area (Å²) < 4.78 is 0. The Labute approximate surface area is 90.9 Å². The van der Waals surface area contributed by atoms with Crippen LogP contribution in [0.2, 0.25) is 0 Å². The normalized spacial score (nSPS) is 12.4. The zero-order valence-corrected chi connectivity index (χ0v) is 9.11. The van der Waals surface area contributed by atoms with Crippen LogP contribution in [0.15, 0.2) is 36.4 Å². The SMILES string of the molecule is C=C(C)C(CCO)Cc1ccc(O)cc1. The van der Waals surface area contributed by atoms with E-state index in [1.165, 1.54) is 0 Å². The molecule has 2 nitrogen and oxygen atoms in total. The molecule has 0 saturated carbocycles. The molecule has 1 unspecified atom stereocenters. The Morgan fingerprint density at radius 3 is 2.40 bits per heavy atom. The fourth-order valence-electron chi connectivity index (χ4n) is 1.60. The number of phenols is 1. The first-order valence-electron chi connectivity index (χ1n) is 5.17. The van der Waals surface area contributed by atoms with E-state index in [1.54, 1.807) is 12.1 Å². The molecule has 1 rings (SSSR count). The number of rotatable bonds is 5. The summed E-state index contributed by atoms with van der Waals surface area (Å²) in [7, 11) is 0. The molecule has 0 aliphatic heterocycles. The van der Waals surface area contributed by atoms with Crippen LogP contribution in [0.4, 0.5) is 0 Å². The number of aromatic hydroxyl groups is 1. The molecule has 0 fully saturated rings. The first-order chi connectivity index (χ1) is 7.13. The Morgan fingerprint density at radius 2 is 1.93 bits per heavy atom. The maximum Gasteiger partial charge on any atom is 0.115 e. The van der Waals surface area contributed by atoms with E-state index in [0.717, 1.165) is 24.0 Å². The topological polar surface area (TPSA) is 40.5 Å². The number of hydrogen-bond donors (Lipinski definition) is 2. The zero-order chi connectivity index (χ0) is 11.3. The third-order valence-electron chi connectivity index (χ3n) is 2.59. The van der Waals surface area contributed by atoms with Gasteiger partial charge < -0.3 is 10.2 Å². The van der Waals surface area contributed by atoms with E-state index >= 15 is 0 Å². The van der Waals surface area contributed by atoms with Crippen molar-refractivity contribution in [3.63, 3.8) is 0 Å².